The van der Waals surface area contributed by atoms with Crippen molar-refractivity contribution >= 4 is 0 Å². The summed E-state index contributed by atoms with van der Waals surface area (Å²) in [5, 5.41) is 10.9. The number of benzene rings is 1. The number of hydrogen-bond donors (Lipinski definition) is 1. The highest BCUT2D eigenvalue weighted by atomic mass is 16.5. The van der Waals surface area contributed by atoms with Crippen molar-refractivity contribution in [2.24, 2.45) is 5.92 Å². The Labute approximate surface area is 153 Å². The largest absolute Gasteiger partial charge is 0.508 e. The fourth-order valence-electron chi connectivity index (χ4n) is 4.72. The molecule has 1 aromatic carbocycles. The van der Waals surface area contributed by atoms with Gasteiger partial charge in [-0.25, -0.2) is 0 Å². The molecule has 3 rings (SSSR count). The minimum absolute atomic E-state index is 0.0508. The molecule has 0 saturated carbocycles. The standard InChI is InChI=1S/C23H34O2/c1-7-8-11-22(3,4)16-13-19(24)21-17-12-15(2)9-10-18(17)23(5,6)25-20(21)14-16/h9,13-14,17-18,24H,7-8,10-12H2,1-6H3/t17-,18?/m1/s1. The molecule has 0 amide bonds. The van der Waals surface area contributed by atoms with Gasteiger partial charge in [-0.3, -0.25) is 0 Å². The average Bonchev–Trinajstić information content (AvgIpc) is 2.51. The molecule has 138 valence electrons. The highest BCUT2D eigenvalue weighted by Crippen LogP contribution is 2.54. The molecule has 1 heterocycles. The summed E-state index contributed by atoms with van der Waals surface area (Å²) >= 11 is 0. The van der Waals surface area contributed by atoms with Crippen molar-refractivity contribution in [1.29, 1.82) is 0 Å². The second-order valence-electron chi connectivity index (χ2n) is 9.30. The van der Waals surface area contributed by atoms with E-state index in [0.717, 1.165) is 30.6 Å². The van der Waals surface area contributed by atoms with Crippen LogP contribution >= 0.6 is 0 Å². The highest BCUT2D eigenvalue weighted by molar-refractivity contribution is 5.54. The summed E-state index contributed by atoms with van der Waals surface area (Å²) in [5.41, 5.74) is 3.50. The lowest BCUT2D eigenvalue weighted by Crippen LogP contribution is -2.45. The Hall–Kier alpha value is -1.44. The van der Waals surface area contributed by atoms with E-state index in [1.165, 1.54) is 24.0 Å². The Morgan fingerprint density at radius 2 is 2.00 bits per heavy atom. The van der Waals surface area contributed by atoms with Crippen LogP contribution in [0.25, 0.3) is 0 Å². The molecule has 0 bridgehead atoms. The number of phenolic OH excluding ortho intramolecular Hbond substituents is 1. The summed E-state index contributed by atoms with van der Waals surface area (Å²) in [5.74, 6) is 2.11. The lowest BCUT2D eigenvalue weighted by atomic mass is 9.66. The van der Waals surface area contributed by atoms with E-state index in [1.807, 2.05) is 6.07 Å². The zero-order chi connectivity index (χ0) is 18.4. The summed E-state index contributed by atoms with van der Waals surface area (Å²) in [6.07, 6.45) is 7.92. The molecule has 2 atom stereocenters. The third-order valence-corrected chi connectivity index (χ3v) is 6.44. The van der Waals surface area contributed by atoms with E-state index in [-0.39, 0.29) is 11.0 Å². The van der Waals surface area contributed by atoms with Crippen LogP contribution in [0.4, 0.5) is 0 Å². The van der Waals surface area contributed by atoms with Crippen molar-refractivity contribution in [2.45, 2.75) is 90.6 Å². The van der Waals surface area contributed by atoms with Crippen LogP contribution in [0.5, 0.6) is 11.5 Å². The number of unbranched alkanes of at least 4 members (excludes halogenated alkanes) is 1. The molecular formula is C23H34O2. The summed E-state index contributed by atoms with van der Waals surface area (Å²) in [6, 6.07) is 4.21. The Morgan fingerprint density at radius 3 is 2.68 bits per heavy atom. The first-order valence-electron chi connectivity index (χ1n) is 9.87. The summed E-state index contributed by atoms with van der Waals surface area (Å²) in [7, 11) is 0. The van der Waals surface area contributed by atoms with E-state index < -0.39 is 0 Å². The van der Waals surface area contributed by atoms with E-state index in [1.54, 1.807) is 0 Å². The lowest BCUT2D eigenvalue weighted by molar-refractivity contribution is 0.00741. The van der Waals surface area contributed by atoms with Crippen LogP contribution in [0.1, 0.15) is 90.7 Å². The average molecular weight is 343 g/mol. The van der Waals surface area contributed by atoms with E-state index in [9.17, 15) is 5.11 Å². The van der Waals surface area contributed by atoms with Crippen LogP contribution in [-0.4, -0.2) is 10.7 Å². The maximum absolute atomic E-state index is 10.9. The topological polar surface area (TPSA) is 29.5 Å². The fourth-order valence-corrected chi connectivity index (χ4v) is 4.72. The number of aromatic hydroxyl groups is 1. The molecule has 0 aromatic heterocycles. The van der Waals surface area contributed by atoms with Crippen LogP contribution in [-0.2, 0) is 5.41 Å². The second kappa shape index (κ2) is 6.37. The smallest absolute Gasteiger partial charge is 0.127 e. The zero-order valence-electron chi connectivity index (χ0n) is 16.8. The Morgan fingerprint density at radius 1 is 1.28 bits per heavy atom. The number of phenols is 1. The van der Waals surface area contributed by atoms with Crippen LogP contribution in [0.2, 0.25) is 0 Å². The van der Waals surface area contributed by atoms with Gasteiger partial charge in [-0.15, -0.1) is 0 Å². The number of hydrogen-bond acceptors (Lipinski definition) is 2. The van der Waals surface area contributed by atoms with Crippen LogP contribution < -0.4 is 4.74 Å². The maximum Gasteiger partial charge on any atom is 0.127 e. The Kier molecular flexibility index (Phi) is 4.68. The van der Waals surface area contributed by atoms with Gasteiger partial charge < -0.3 is 9.84 Å². The van der Waals surface area contributed by atoms with Crippen LogP contribution in [0.15, 0.2) is 23.8 Å². The molecule has 1 aliphatic carbocycles. The predicted octanol–water partition coefficient (Wildman–Crippen LogP) is 6.47. The van der Waals surface area contributed by atoms with Crippen molar-refractivity contribution in [2.75, 3.05) is 0 Å². The molecule has 2 nitrogen and oxygen atoms in total. The van der Waals surface area contributed by atoms with E-state index in [2.05, 4.69) is 53.7 Å². The molecule has 2 heteroatoms. The van der Waals surface area contributed by atoms with Gasteiger partial charge in [0.25, 0.3) is 0 Å². The predicted molar refractivity (Wildman–Crippen MR) is 105 cm³/mol. The zero-order valence-corrected chi connectivity index (χ0v) is 16.8. The molecule has 1 aromatic rings. The Balaban J connectivity index is 2.05. The minimum atomic E-state index is -0.201. The number of allylic oxidation sites excluding steroid dienone is 2. The summed E-state index contributed by atoms with van der Waals surface area (Å²) < 4.78 is 6.46. The van der Waals surface area contributed by atoms with Crippen molar-refractivity contribution in [3.8, 4) is 11.5 Å². The number of rotatable bonds is 4. The van der Waals surface area contributed by atoms with Gasteiger partial charge in [0.05, 0.1) is 0 Å². The first-order chi connectivity index (χ1) is 11.7. The van der Waals surface area contributed by atoms with E-state index >= 15 is 0 Å². The van der Waals surface area contributed by atoms with Gasteiger partial charge in [-0.2, -0.15) is 0 Å². The van der Waals surface area contributed by atoms with Crippen LogP contribution in [0, 0.1) is 5.92 Å². The quantitative estimate of drug-likeness (QED) is 0.635. The van der Waals surface area contributed by atoms with E-state index in [4.69, 9.17) is 4.74 Å². The van der Waals surface area contributed by atoms with Gasteiger partial charge in [-0.05, 0) is 63.1 Å². The third kappa shape index (κ3) is 3.32. The SMILES string of the molecule is CCCCC(C)(C)c1cc(O)c2c(c1)OC(C)(C)C1CC=C(C)C[C@@H]21. The summed E-state index contributed by atoms with van der Waals surface area (Å²) in [6.45, 7) is 13.4. The molecule has 1 aliphatic heterocycles. The maximum atomic E-state index is 10.9. The van der Waals surface area contributed by atoms with Gasteiger partial charge in [0.2, 0.25) is 0 Å². The molecule has 1 N–H and O–H groups in total. The van der Waals surface area contributed by atoms with Crippen molar-refractivity contribution in [3.05, 3.63) is 34.9 Å². The van der Waals surface area contributed by atoms with Gasteiger partial charge >= 0.3 is 0 Å². The molecule has 2 aliphatic rings. The molecule has 25 heavy (non-hydrogen) atoms. The van der Waals surface area contributed by atoms with Crippen molar-refractivity contribution < 1.29 is 9.84 Å². The van der Waals surface area contributed by atoms with Gasteiger partial charge in [-0.1, -0.05) is 45.3 Å². The third-order valence-electron chi connectivity index (χ3n) is 6.44. The first-order valence-corrected chi connectivity index (χ1v) is 9.87. The van der Waals surface area contributed by atoms with E-state index in [0.29, 0.717) is 17.6 Å². The van der Waals surface area contributed by atoms with Crippen molar-refractivity contribution in [1.82, 2.24) is 0 Å². The molecular weight excluding hydrogens is 308 g/mol. The molecule has 0 spiro atoms. The molecule has 0 radical (unpaired) electrons. The minimum Gasteiger partial charge on any atom is -0.508 e. The molecule has 0 fully saturated rings. The highest BCUT2D eigenvalue weighted by Gasteiger charge is 2.46. The van der Waals surface area contributed by atoms with Gasteiger partial charge in [0, 0.05) is 17.4 Å². The summed E-state index contributed by atoms with van der Waals surface area (Å²) in [4.78, 5) is 0. The normalized spacial score (nSPS) is 24.8. The van der Waals surface area contributed by atoms with Gasteiger partial charge in [0.15, 0.2) is 0 Å². The fraction of sp³-hybridized carbons (Fsp3) is 0.652. The van der Waals surface area contributed by atoms with Gasteiger partial charge in [0.1, 0.15) is 17.1 Å². The molecule has 1 unspecified atom stereocenters. The Bertz CT molecular complexity index is 682. The first kappa shape index (κ1) is 18.4. The lowest BCUT2D eigenvalue weighted by Gasteiger charge is -2.47. The van der Waals surface area contributed by atoms with Crippen molar-refractivity contribution in [3.63, 3.8) is 0 Å². The molecule has 0 saturated heterocycles. The number of ether oxygens (including phenoxy) is 1. The van der Waals surface area contributed by atoms with Crippen LogP contribution in [0.3, 0.4) is 0 Å². The second-order valence-corrected chi connectivity index (χ2v) is 9.30. The monoisotopic (exact) mass is 342 g/mol. The number of fused-ring (bicyclic) bond motifs is 3.